The minimum Gasteiger partial charge on any atom is -0.462 e. The summed E-state index contributed by atoms with van der Waals surface area (Å²) in [5, 5.41) is 10.0. The van der Waals surface area contributed by atoms with E-state index in [9.17, 15) is 14.3 Å². The van der Waals surface area contributed by atoms with E-state index in [4.69, 9.17) is 9.47 Å². The van der Waals surface area contributed by atoms with Gasteiger partial charge in [-0.15, -0.1) is 0 Å². The van der Waals surface area contributed by atoms with Crippen molar-refractivity contribution < 1.29 is 23.8 Å². The van der Waals surface area contributed by atoms with E-state index < -0.39 is 6.10 Å². The summed E-state index contributed by atoms with van der Waals surface area (Å²) in [5.41, 5.74) is 4.24. The molecule has 0 saturated carbocycles. The van der Waals surface area contributed by atoms with Gasteiger partial charge in [-0.25, -0.2) is 4.39 Å². The standard InChI is InChI=1S/C27H40FNO4/c1-8-32-27(5)15-21(18-11-17(2)25(28)23(12-18)29(6)7)22(26(3,4)16-27)10-9-20-13-19(30)14-24(31)33-20/h11-12,19-20,30H,8-10,13-16H2,1-7H3/t19-,20-,27?/m0/s1. The van der Waals surface area contributed by atoms with E-state index in [1.54, 1.807) is 0 Å². The number of aryl methyl sites for hydroxylation is 1. The molecule has 1 aliphatic heterocycles. The Morgan fingerprint density at radius 3 is 2.58 bits per heavy atom. The molecule has 0 aromatic heterocycles. The molecule has 0 radical (unpaired) electrons. The van der Waals surface area contributed by atoms with Crippen LogP contribution in [0.4, 0.5) is 10.1 Å². The molecule has 1 fully saturated rings. The van der Waals surface area contributed by atoms with Gasteiger partial charge in [0.25, 0.3) is 0 Å². The lowest BCUT2D eigenvalue weighted by Gasteiger charge is -2.46. The molecule has 1 aromatic rings. The van der Waals surface area contributed by atoms with E-state index in [1.807, 2.05) is 45.0 Å². The van der Waals surface area contributed by atoms with E-state index in [0.29, 0.717) is 30.7 Å². The number of carbonyl (C=O) groups is 1. The van der Waals surface area contributed by atoms with Crippen LogP contribution in [0.2, 0.25) is 0 Å². The third-order valence-corrected chi connectivity index (χ3v) is 7.06. The molecule has 3 rings (SSSR count). The van der Waals surface area contributed by atoms with Crippen LogP contribution in [0.15, 0.2) is 17.7 Å². The highest BCUT2D eigenvalue weighted by Gasteiger charge is 2.43. The van der Waals surface area contributed by atoms with Gasteiger partial charge in [0, 0.05) is 33.5 Å². The first-order valence-electron chi connectivity index (χ1n) is 12.1. The highest BCUT2D eigenvalue weighted by atomic mass is 19.1. The maximum absolute atomic E-state index is 14.8. The largest absolute Gasteiger partial charge is 0.462 e. The first-order chi connectivity index (χ1) is 15.3. The lowest BCUT2D eigenvalue weighted by molar-refractivity contribution is -0.160. The topological polar surface area (TPSA) is 59.0 Å². The van der Waals surface area contributed by atoms with Crippen molar-refractivity contribution in [3.63, 3.8) is 0 Å². The van der Waals surface area contributed by atoms with E-state index in [1.165, 1.54) is 11.1 Å². The summed E-state index contributed by atoms with van der Waals surface area (Å²) in [6, 6.07) is 3.88. The number of rotatable bonds is 7. The zero-order chi connectivity index (χ0) is 24.6. The first-order valence-corrected chi connectivity index (χ1v) is 12.1. The second-order valence-electron chi connectivity index (χ2n) is 10.8. The fourth-order valence-corrected chi connectivity index (χ4v) is 5.80. The van der Waals surface area contributed by atoms with Crippen molar-refractivity contribution >= 4 is 17.2 Å². The number of aliphatic hydroxyl groups excluding tert-OH is 1. The number of allylic oxidation sites excluding steroid dienone is 1. The van der Waals surface area contributed by atoms with Crippen molar-refractivity contribution in [2.24, 2.45) is 5.41 Å². The van der Waals surface area contributed by atoms with E-state index in [2.05, 4.69) is 20.8 Å². The molecule has 1 saturated heterocycles. The van der Waals surface area contributed by atoms with Crippen LogP contribution in [0.5, 0.6) is 0 Å². The molecule has 5 nitrogen and oxygen atoms in total. The fourth-order valence-electron chi connectivity index (χ4n) is 5.80. The number of halogens is 1. The molecule has 33 heavy (non-hydrogen) atoms. The minimum atomic E-state index is -0.632. The molecule has 184 valence electrons. The van der Waals surface area contributed by atoms with E-state index >= 15 is 0 Å². The Kier molecular flexibility index (Phi) is 7.59. The molecule has 1 unspecified atom stereocenters. The number of aliphatic hydroxyl groups is 1. The second-order valence-corrected chi connectivity index (χ2v) is 10.8. The monoisotopic (exact) mass is 461 g/mol. The van der Waals surface area contributed by atoms with Crippen LogP contribution >= 0.6 is 0 Å². The van der Waals surface area contributed by atoms with Gasteiger partial charge in [0.15, 0.2) is 0 Å². The van der Waals surface area contributed by atoms with Gasteiger partial charge in [0.1, 0.15) is 11.9 Å². The lowest BCUT2D eigenvalue weighted by Crippen LogP contribution is -2.40. The normalized spacial score (nSPS) is 27.5. The highest BCUT2D eigenvalue weighted by molar-refractivity contribution is 5.75. The summed E-state index contributed by atoms with van der Waals surface area (Å²) in [5.74, 6) is -0.527. The Balaban J connectivity index is 2.06. The van der Waals surface area contributed by atoms with Crippen LogP contribution in [0, 0.1) is 18.2 Å². The molecule has 1 aliphatic carbocycles. The Bertz CT molecular complexity index is 923. The maximum Gasteiger partial charge on any atom is 0.308 e. The molecule has 1 aromatic carbocycles. The third-order valence-electron chi connectivity index (χ3n) is 7.06. The molecule has 6 heteroatoms. The molecule has 1 heterocycles. The number of esters is 1. The van der Waals surface area contributed by atoms with Crippen molar-refractivity contribution in [3.05, 3.63) is 34.6 Å². The van der Waals surface area contributed by atoms with Crippen LogP contribution in [0.25, 0.3) is 5.57 Å². The lowest BCUT2D eigenvalue weighted by atomic mass is 9.64. The van der Waals surface area contributed by atoms with Gasteiger partial charge in [0.05, 0.1) is 23.8 Å². The Morgan fingerprint density at radius 1 is 1.27 bits per heavy atom. The highest BCUT2D eigenvalue weighted by Crippen LogP contribution is 2.51. The van der Waals surface area contributed by atoms with Crippen molar-refractivity contribution in [3.8, 4) is 0 Å². The summed E-state index contributed by atoms with van der Waals surface area (Å²) in [6.45, 7) is 11.1. The molecule has 0 spiro atoms. The molecular formula is C27H40FNO4. The molecule has 3 atom stereocenters. The number of cyclic esters (lactones) is 1. The number of nitrogens with zero attached hydrogens (tertiary/aromatic N) is 1. The van der Waals surface area contributed by atoms with Gasteiger partial charge >= 0.3 is 5.97 Å². The van der Waals surface area contributed by atoms with Crippen LogP contribution in [0.1, 0.15) is 77.3 Å². The van der Waals surface area contributed by atoms with Gasteiger partial charge in [-0.3, -0.25) is 4.79 Å². The van der Waals surface area contributed by atoms with Gasteiger partial charge in [-0.05, 0) is 74.3 Å². The van der Waals surface area contributed by atoms with Crippen molar-refractivity contribution in [2.75, 3.05) is 25.6 Å². The molecule has 1 N–H and O–H groups in total. The molecular weight excluding hydrogens is 421 g/mol. The van der Waals surface area contributed by atoms with E-state index in [0.717, 1.165) is 24.8 Å². The zero-order valence-electron chi connectivity index (χ0n) is 21.3. The Labute approximate surface area is 198 Å². The van der Waals surface area contributed by atoms with Crippen LogP contribution in [0.3, 0.4) is 0 Å². The minimum absolute atomic E-state index is 0.0742. The van der Waals surface area contributed by atoms with Gasteiger partial charge in [0.2, 0.25) is 0 Å². The quantitative estimate of drug-likeness (QED) is 0.550. The summed E-state index contributed by atoms with van der Waals surface area (Å²) >= 11 is 0. The van der Waals surface area contributed by atoms with Gasteiger partial charge in [-0.1, -0.05) is 19.4 Å². The van der Waals surface area contributed by atoms with E-state index in [-0.39, 0.29) is 35.3 Å². The van der Waals surface area contributed by atoms with Crippen LogP contribution < -0.4 is 4.90 Å². The number of anilines is 1. The average Bonchev–Trinajstić information content (AvgIpc) is 2.67. The van der Waals surface area contributed by atoms with Crippen LogP contribution in [-0.4, -0.2) is 49.6 Å². The predicted molar refractivity (Wildman–Crippen MR) is 130 cm³/mol. The summed E-state index contributed by atoms with van der Waals surface area (Å²) in [6.07, 6.45) is 2.67. The average molecular weight is 462 g/mol. The third kappa shape index (κ3) is 5.78. The fraction of sp³-hybridized carbons (Fsp3) is 0.667. The second kappa shape index (κ2) is 9.75. The number of hydrogen-bond acceptors (Lipinski definition) is 5. The number of benzene rings is 1. The van der Waals surface area contributed by atoms with Crippen molar-refractivity contribution in [1.29, 1.82) is 0 Å². The number of ether oxygens (including phenoxy) is 2. The number of carbonyl (C=O) groups excluding carboxylic acids is 1. The SMILES string of the molecule is CCOC1(C)CC(c2cc(C)c(F)c(N(C)C)c2)=C(CC[C@H]2C[C@H](O)CC(=O)O2)C(C)(C)C1. The van der Waals surface area contributed by atoms with Crippen LogP contribution in [-0.2, 0) is 14.3 Å². The summed E-state index contributed by atoms with van der Waals surface area (Å²) < 4.78 is 26.6. The van der Waals surface area contributed by atoms with Gasteiger partial charge in [-0.2, -0.15) is 0 Å². The van der Waals surface area contributed by atoms with Crippen molar-refractivity contribution in [2.45, 2.75) is 91.0 Å². The summed E-state index contributed by atoms with van der Waals surface area (Å²) in [7, 11) is 3.71. The Hall–Kier alpha value is -1.92. The molecule has 2 aliphatic rings. The van der Waals surface area contributed by atoms with Crippen molar-refractivity contribution in [1.82, 2.24) is 0 Å². The Morgan fingerprint density at radius 2 is 1.97 bits per heavy atom. The molecule has 0 amide bonds. The number of hydrogen-bond donors (Lipinski definition) is 1. The smallest absolute Gasteiger partial charge is 0.308 e. The maximum atomic E-state index is 14.8. The zero-order valence-corrected chi connectivity index (χ0v) is 21.3. The summed E-state index contributed by atoms with van der Waals surface area (Å²) in [4.78, 5) is 13.6. The predicted octanol–water partition coefficient (Wildman–Crippen LogP) is 5.42. The van der Waals surface area contributed by atoms with Gasteiger partial charge < -0.3 is 19.5 Å². The molecule has 0 bridgehead atoms. The first kappa shape index (κ1) is 25.7.